The minimum absolute atomic E-state index is 0.0308. The molecule has 0 aromatic heterocycles. The Labute approximate surface area is 127 Å². The van der Waals surface area contributed by atoms with Crippen LogP contribution in [0, 0.1) is 10.1 Å². The third-order valence-electron chi connectivity index (χ3n) is 2.98. The van der Waals surface area contributed by atoms with E-state index in [4.69, 9.17) is 5.11 Å². The van der Waals surface area contributed by atoms with Crippen molar-refractivity contribution in [1.82, 2.24) is 4.72 Å². The zero-order valence-electron chi connectivity index (χ0n) is 11.5. The Bertz CT molecular complexity index is 772. The number of hydrogen-bond acceptors (Lipinski definition) is 5. The van der Waals surface area contributed by atoms with Crippen molar-refractivity contribution in [2.24, 2.45) is 0 Å². The van der Waals surface area contributed by atoms with Crippen LogP contribution in [0.1, 0.15) is 0 Å². The Balaban J connectivity index is 2.36. The zero-order valence-corrected chi connectivity index (χ0v) is 12.3. The fourth-order valence-electron chi connectivity index (χ4n) is 1.95. The number of nitrogens with zero attached hydrogens (tertiary/aromatic N) is 1. The van der Waals surface area contributed by atoms with Crippen molar-refractivity contribution < 1.29 is 18.4 Å². The largest absolute Gasteiger partial charge is 0.395 e. The molecule has 8 heteroatoms. The molecule has 0 heterocycles. The fraction of sp³-hybridized carbons (Fsp3) is 0.143. The van der Waals surface area contributed by atoms with Crippen molar-refractivity contribution >= 4 is 15.7 Å². The third-order valence-corrected chi connectivity index (χ3v) is 4.46. The lowest BCUT2D eigenvalue weighted by Gasteiger charge is -2.07. The van der Waals surface area contributed by atoms with Gasteiger partial charge in [-0.2, -0.15) is 0 Å². The van der Waals surface area contributed by atoms with Crippen molar-refractivity contribution in [3.63, 3.8) is 0 Å². The van der Waals surface area contributed by atoms with Crippen molar-refractivity contribution in [3.05, 3.63) is 58.6 Å². The first kappa shape index (κ1) is 16.1. The number of rotatable bonds is 6. The minimum Gasteiger partial charge on any atom is -0.395 e. The number of nitrogens with one attached hydrogen (secondary N) is 1. The summed E-state index contributed by atoms with van der Waals surface area (Å²) in [6, 6.07) is 12.0. The van der Waals surface area contributed by atoms with Gasteiger partial charge in [0.1, 0.15) is 0 Å². The average Bonchev–Trinajstić information content (AvgIpc) is 2.53. The number of hydrogen-bond donors (Lipinski definition) is 2. The summed E-state index contributed by atoms with van der Waals surface area (Å²) in [6.07, 6.45) is 0. The number of para-hydroxylation sites is 1. The van der Waals surface area contributed by atoms with Crippen LogP contribution in [0.25, 0.3) is 11.1 Å². The topological polar surface area (TPSA) is 110 Å². The van der Waals surface area contributed by atoms with Crippen LogP contribution < -0.4 is 4.72 Å². The fourth-order valence-corrected chi connectivity index (χ4v) is 2.98. The molecule has 0 unspecified atom stereocenters. The Kier molecular flexibility index (Phi) is 4.86. The van der Waals surface area contributed by atoms with E-state index in [0.717, 1.165) is 0 Å². The van der Waals surface area contributed by atoms with E-state index in [2.05, 4.69) is 4.72 Å². The van der Waals surface area contributed by atoms with Gasteiger partial charge < -0.3 is 5.11 Å². The molecular formula is C14H14N2O5S. The minimum atomic E-state index is -3.69. The van der Waals surface area contributed by atoms with Gasteiger partial charge in [-0.3, -0.25) is 10.1 Å². The normalized spacial score (nSPS) is 11.3. The predicted octanol–water partition coefficient (Wildman–Crippen LogP) is 1.53. The second-order valence-electron chi connectivity index (χ2n) is 4.42. The van der Waals surface area contributed by atoms with Gasteiger partial charge in [-0.25, -0.2) is 13.1 Å². The Morgan fingerprint density at radius 3 is 2.32 bits per heavy atom. The van der Waals surface area contributed by atoms with Crippen molar-refractivity contribution in [3.8, 4) is 11.1 Å². The third kappa shape index (κ3) is 3.48. The molecule has 0 bridgehead atoms. The maximum Gasteiger partial charge on any atom is 0.277 e. The van der Waals surface area contributed by atoms with E-state index >= 15 is 0 Å². The Morgan fingerprint density at radius 1 is 1.09 bits per heavy atom. The van der Waals surface area contributed by atoms with Gasteiger partial charge in [0.2, 0.25) is 10.0 Å². The number of nitro groups is 1. The molecule has 2 aromatic carbocycles. The van der Waals surface area contributed by atoms with Crippen LogP contribution >= 0.6 is 0 Å². The predicted molar refractivity (Wildman–Crippen MR) is 80.8 cm³/mol. The first-order chi connectivity index (χ1) is 10.5. The van der Waals surface area contributed by atoms with Gasteiger partial charge in [0.25, 0.3) is 5.69 Å². The lowest BCUT2D eigenvalue weighted by molar-refractivity contribution is -0.384. The summed E-state index contributed by atoms with van der Waals surface area (Å²) in [4.78, 5) is 10.6. The molecule has 7 nitrogen and oxygen atoms in total. The molecule has 0 aliphatic heterocycles. The standard InChI is InChI=1S/C14H14N2O5S/c17-10-9-15-22(20,21)12-7-5-11(6-8-12)13-3-1-2-4-14(13)16(18)19/h1-8,15,17H,9-10H2. The second kappa shape index (κ2) is 6.65. The van der Waals surface area contributed by atoms with Crippen molar-refractivity contribution in [2.75, 3.05) is 13.2 Å². The van der Waals surface area contributed by atoms with E-state index in [1.54, 1.807) is 18.2 Å². The Morgan fingerprint density at radius 2 is 1.73 bits per heavy atom. The summed E-state index contributed by atoms with van der Waals surface area (Å²) in [6.45, 7) is -0.373. The quantitative estimate of drug-likeness (QED) is 0.619. The summed E-state index contributed by atoms with van der Waals surface area (Å²) in [7, 11) is -3.69. The molecule has 0 saturated heterocycles. The first-order valence-electron chi connectivity index (χ1n) is 6.40. The highest BCUT2D eigenvalue weighted by molar-refractivity contribution is 7.89. The van der Waals surface area contributed by atoms with Crippen molar-refractivity contribution in [2.45, 2.75) is 4.90 Å². The highest BCUT2D eigenvalue weighted by Gasteiger charge is 2.16. The molecule has 22 heavy (non-hydrogen) atoms. The summed E-state index contributed by atoms with van der Waals surface area (Å²) in [5, 5.41) is 19.7. The van der Waals surface area contributed by atoms with Gasteiger partial charge in [-0.15, -0.1) is 0 Å². The van der Waals surface area contributed by atoms with Crippen LogP contribution in [0.15, 0.2) is 53.4 Å². The molecule has 0 radical (unpaired) electrons. The number of nitro benzene ring substituents is 1. The first-order valence-corrected chi connectivity index (χ1v) is 7.88. The molecule has 2 N–H and O–H groups in total. The van der Waals surface area contributed by atoms with Crippen LogP contribution in [-0.2, 0) is 10.0 Å². The number of aliphatic hydroxyl groups is 1. The molecule has 0 amide bonds. The number of sulfonamides is 1. The molecule has 116 valence electrons. The van der Waals surface area contributed by atoms with Gasteiger partial charge in [-0.1, -0.05) is 24.3 Å². The van der Waals surface area contributed by atoms with E-state index in [-0.39, 0.29) is 23.7 Å². The molecule has 2 rings (SSSR count). The van der Waals surface area contributed by atoms with E-state index in [0.29, 0.717) is 11.1 Å². The SMILES string of the molecule is O=[N+]([O-])c1ccccc1-c1ccc(S(=O)(=O)NCCO)cc1. The molecule has 0 spiro atoms. The Hall–Kier alpha value is -2.29. The number of benzene rings is 2. The highest BCUT2D eigenvalue weighted by atomic mass is 32.2. The lowest BCUT2D eigenvalue weighted by Crippen LogP contribution is -2.26. The van der Waals surface area contributed by atoms with Gasteiger partial charge in [0, 0.05) is 12.6 Å². The van der Waals surface area contributed by atoms with Crippen molar-refractivity contribution in [1.29, 1.82) is 0 Å². The van der Waals surface area contributed by atoms with Gasteiger partial charge in [0.15, 0.2) is 0 Å². The summed E-state index contributed by atoms with van der Waals surface area (Å²) < 4.78 is 26.0. The van der Waals surface area contributed by atoms with E-state index < -0.39 is 14.9 Å². The molecule has 0 atom stereocenters. The lowest BCUT2D eigenvalue weighted by atomic mass is 10.0. The van der Waals surface area contributed by atoms with Gasteiger partial charge in [-0.05, 0) is 23.8 Å². The summed E-state index contributed by atoms with van der Waals surface area (Å²) in [5.41, 5.74) is 0.921. The number of aliphatic hydroxyl groups excluding tert-OH is 1. The van der Waals surface area contributed by atoms with Crippen LogP contribution in [0.5, 0.6) is 0 Å². The molecule has 0 saturated carbocycles. The summed E-state index contributed by atoms with van der Waals surface area (Å²) in [5.74, 6) is 0. The smallest absolute Gasteiger partial charge is 0.277 e. The zero-order chi connectivity index (χ0) is 16.2. The average molecular weight is 322 g/mol. The summed E-state index contributed by atoms with van der Waals surface area (Å²) >= 11 is 0. The molecule has 0 fully saturated rings. The molecule has 0 aliphatic carbocycles. The van der Waals surface area contributed by atoms with E-state index in [1.165, 1.54) is 30.3 Å². The van der Waals surface area contributed by atoms with Crippen LogP contribution in [0.2, 0.25) is 0 Å². The maximum atomic E-state index is 11.9. The van der Waals surface area contributed by atoms with E-state index in [9.17, 15) is 18.5 Å². The molecule has 0 aliphatic rings. The van der Waals surface area contributed by atoms with Crippen LogP contribution in [0.3, 0.4) is 0 Å². The highest BCUT2D eigenvalue weighted by Crippen LogP contribution is 2.29. The maximum absolute atomic E-state index is 11.9. The van der Waals surface area contributed by atoms with E-state index in [1.807, 2.05) is 0 Å². The second-order valence-corrected chi connectivity index (χ2v) is 6.19. The monoisotopic (exact) mass is 322 g/mol. The van der Waals surface area contributed by atoms with Gasteiger partial charge in [0.05, 0.1) is 22.0 Å². The molecule has 2 aromatic rings. The van der Waals surface area contributed by atoms with Crippen LogP contribution in [-0.4, -0.2) is 31.6 Å². The van der Waals surface area contributed by atoms with Crippen LogP contribution in [0.4, 0.5) is 5.69 Å². The molecular weight excluding hydrogens is 308 g/mol. The van der Waals surface area contributed by atoms with Gasteiger partial charge >= 0.3 is 0 Å².